The lowest BCUT2D eigenvalue weighted by Crippen LogP contribution is -2.39. The van der Waals surface area contributed by atoms with Crippen molar-refractivity contribution in [3.05, 3.63) is 47.5 Å². The van der Waals surface area contributed by atoms with E-state index in [1.54, 1.807) is 13.4 Å². The van der Waals surface area contributed by atoms with Gasteiger partial charge in [-0.05, 0) is 18.4 Å². The first-order chi connectivity index (χ1) is 10.6. The molecule has 1 aromatic heterocycles. The molecule has 0 saturated carbocycles. The van der Waals surface area contributed by atoms with E-state index in [1.807, 2.05) is 11.6 Å². The highest BCUT2D eigenvalue weighted by atomic mass is 127. The number of aromatic nitrogens is 3. The van der Waals surface area contributed by atoms with Crippen molar-refractivity contribution >= 4 is 29.9 Å². The Hall–Kier alpha value is -1.64. The van der Waals surface area contributed by atoms with Gasteiger partial charge in [-0.15, -0.1) is 34.2 Å². The smallest absolute Gasteiger partial charge is 0.191 e. The van der Waals surface area contributed by atoms with E-state index in [-0.39, 0.29) is 24.0 Å². The Morgan fingerprint density at radius 1 is 1.26 bits per heavy atom. The van der Waals surface area contributed by atoms with Gasteiger partial charge in [0.1, 0.15) is 6.33 Å². The van der Waals surface area contributed by atoms with Crippen LogP contribution in [0.15, 0.2) is 35.6 Å². The molecule has 23 heavy (non-hydrogen) atoms. The molecule has 2 rings (SSSR count). The number of nitrogens with zero attached hydrogens (tertiary/aromatic N) is 4. The summed E-state index contributed by atoms with van der Waals surface area (Å²) < 4.78 is 1.88. The number of aliphatic imine (C=N–C) groups is 1. The fourth-order valence-electron chi connectivity index (χ4n) is 2.11. The molecule has 0 amide bonds. The molecule has 2 N–H and O–H groups in total. The van der Waals surface area contributed by atoms with Crippen LogP contribution >= 0.6 is 24.0 Å². The zero-order chi connectivity index (χ0) is 15.9. The summed E-state index contributed by atoms with van der Waals surface area (Å²) in [5.41, 5.74) is 2.60. The van der Waals surface area contributed by atoms with Crippen molar-refractivity contribution < 1.29 is 0 Å². The maximum absolute atomic E-state index is 4.23. The number of hydrogen-bond donors (Lipinski definition) is 2. The summed E-state index contributed by atoms with van der Waals surface area (Å²) in [4.78, 5) is 4.23. The number of nitrogens with one attached hydrogen (secondary N) is 2. The minimum Gasteiger partial charge on any atom is -0.356 e. The quantitative estimate of drug-likeness (QED) is 0.436. The Morgan fingerprint density at radius 3 is 2.52 bits per heavy atom. The van der Waals surface area contributed by atoms with E-state index in [4.69, 9.17) is 0 Å². The molecule has 0 fully saturated rings. The van der Waals surface area contributed by atoms with Gasteiger partial charge >= 0.3 is 0 Å². The predicted molar refractivity (Wildman–Crippen MR) is 104 cm³/mol. The van der Waals surface area contributed by atoms with Gasteiger partial charge in [-0.1, -0.05) is 36.8 Å². The molecular weight excluding hydrogens is 403 g/mol. The van der Waals surface area contributed by atoms with Crippen LogP contribution in [0.5, 0.6) is 0 Å². The number of halogens is 1. The van der Waals surface area contributed by atoms with Gasteiger partial charge in [0.25, 0.3) is 0 Å². The molecular formula is C16H25IN6. The van der Waals surface area contributed by atoms with Crippen LogP contribution in [-0.4, -0.2) is 34.3 Å². The molecule has 6 nitrogen and oxygen atoms in total. The average molecular weight is 428 g/mol. The zero-order valence-corrected chi connectivity index (χ0v) is 16.4. The minimum atomic E-state index is 0. The van der Waals surface area contributed by atoms with Gasteiger partial charge in [-0.25, -0.2) is 0 Å². The highest BCUT2D eigenvalue weighted by Crippen LogP contribution is 2.14. The second kappa shape index (κ2) is 9.49. The normalized spacial score (nSPS) is 12.4. The third-order valence-electron chi connectivity index (χ3n) is 3.66. The largest absolute Gasteiger partial charge is 0.356 e. The average Bonchev–Trinajstić information content (AvgIpc) is 2.93. The fourth-order valence-corrected chi connectivity index (χ4v) is 2.11. The number of rotatable bonds is 5. The van der Waals surface area contributed by atoms with Gasteiger partial charge in [0, 0.05) is 20.6 Å². The number of hydrogen-bond acceptors (Lipinski definition) is 3. The monoisotopic (exact) mass is 428 g/mol. The summed E-state index contributed by atoms with van der Waals surface area (Å²) in [6.07, 6.45) is 1.69. The van der Waals surface area contributed by atoms with Crippen LogP contribution in [0.1, 0.15) is 29.8 Å². The highest BCUT2D eigenvalue weighted by molar-refractivity contribution is 14.0. The van der Waals surface area contributed by atoms with Crippen molar-refractivity contribution in [2.45, 2.75) is 26.3 Å². The van der Waals surface area contributed by atoms with Gasteiger partial charge in [0.05, 0.1) is 6.54 Å². The van der Waals surface area contributed by atoms with E-state index in [1.165, 1.54) is 11.1 Å². The van der Waals surface area contributed by atoms with Gasteiger partial charge in [-0.3, -0.25) is 4.99 Å². The SMILES string of the molecule is CN=C(NCc1nncn1C)NCC(C)c1ccc(C)cc1.I. The van der Waals surface area contributed by atoms with E-state index in [0.29, 0.717) is 12.5 Å². The van der Waals surface area contributed by atoms with Crippen LogP contribution in [0.2, 0.25) is 0 Å². The van der Waals surface area contributed by atoms with Gasteiger partial charge < -0.3 is 15.2 Å². The molecule has 2 aromatic rings. The van der Waals surface area contributed by atoms with Crippen LogP contribution in [0.4, 0.5) is 0 Å². The van der Waals surface area contributed by atoms with Gasteiger partial charge in [0.15, 0.2) is 11.8 Å². The Balaban J connectivity index is 0.00000264. The molecule has 0 spiro atoms. The first kappa shape index (κ1) is 19.4. The van der Waals surface area contributed by atoms with E-state index in [9.17, 15) is 0 Å². The lowest BCUT2D eigenvalue weighted by molar-refractivity contribution is 0.683. The Labute approximate surface area is 154 Å². The van der Waals surface area contributed by atoms with Crippen molar-refractivity contribution in [3.63, 3.8) is 0 Å². The lowest BCUT2D eigenvalue weighted by Gasteiger charge is -2.16. The molecule has 1 aromatic carbocycles. The van der Waals surface area contributed by atoms with E-state index < -0.39 is 0 Å². The Morgan fingerprint density at radius 2 is 1.96 bits per heavy atom. The molecule has 1 heterocycles. The van der Waals surface area contributed by atoms with Crippen LogP contribution in [0, 0.1) is 6.92 Å². The van der Waals surface area contributed by atoms with Crippen LogP contribution in [0.25, 0.3) is 0 Å². The zero-order valence-electron chi connectivity index (χ0n) is 14.1. The summed E-state index contributed by atoms with van der Waals surface area (Å²) >= 11 is 0. The first-order valence-corrected chi connectivity index (χ1v) is 7.44. The second-order valence-corrected chi connectivity index (χ2v) is 5.48. The number of guanidine groups is 1. The summed E-state index contributed by atoms with van der Waals surface area (Å²) in [6, 6.07) is 8.65. The number of benzene rings is 1. The Bertz CT molecular complexity index is 620. The van der Waals surface area contributed by atoms with Gasteiger partial charge in [-0.2, -0.15) is 0 Å². The van der Waals surface area contributed by atoms with E-state index in [0.717, 1.165) is 18.3 Å². The molecule has 0 saturated heterocycles. The molecule has 1 unspecified atom stereocenters. The highest BCUT2D eigenvalue weighted by Gasteiger charge is 2.07. The van der Waals surface area contributed by atoms with Gasteiger partial charge in [0.2, 0.25) is 0 Å². The summed E-state index contributed by atoms with van der Waals surface area (Å²) in [5, 5.41) is 14.5. The third-order valence-corrected chi connectivity index (χ3v) is 3.66. The molecule has 0 aliphatic carbocycles. The minimum absolute atomic E-state index is 0. The van der Waals surface area contributed by atoms with E-state index in [2.05, 4.69) is 63.9 Å². The molecule has 0 bridgehead atoms. The second-order valence-electron chi connectivity index (χ2n) is 5.48. The van der Waals surface area contributed by atoms with E-state index >= 15 is 0 Å². The predicted octanol–water partition coefficient (Wildman–Crippen LogP) is 2.21. The van der Waals surface area contributed by atoms with Crippen molar-refractivity contribution in [3.8, 4) is 0 Å². The van der Waals surface area contributed by atoms with Crippen molar-refractivity contribution in [2.75, 3.05) is 13.6 Å². The van der Waals surface area contributed by atoms with Crippen LogP contribution in [-0.2, 0) is 13.6 Å². The topological polar surface area (TPSA) is 67.1 Å². The van der Waals surface area contributed by atoms with Crippen molar-refractivity contribution in [1.82, 2.24) is 25.4 Å². The maximum atomic E-state index is 4.23. The molecule has 7 heteroatoms. The molecule has 0 radical (unpaired) electrons. The van der Waals surface area contributed by atoms with Crippen LogP contribution < -0.4 is 10.6 Å². The lowest BCUT2D eigenvalue weighted by atomic mass is 10.0. The summed E-state index contributed by atoms with van der Waals surface area (Å²) in [5.74, 6) is 2.05. The molecule has 0 aliphatic rings. The Kier molecular flexibility index (Phi) is 8.01. The maximum Gasteiger partial charge on any atom is 0.191 e. The number of aryl methyl sites for hydroxylation is 2. The standard InChI is InChI=1S/C16H24N6.HI/c1-12-5-7-14(8-6-12)13(2)9-18-16(17-3)19-10-15-21-20-11-22(15)4;/h5-8,11,13H,9-10H2,1-4H3,(H2,17,18,19);1H. The summed E-state index contributed by atoms with van der Waals surface area (Å²) in [7, 11) is 3.69. The van der Waals surface area contributed by atoms with Crippen LogP contribution in [0.3, 0.4) is 0 Å². The van der Waals surface area contributed by atoms with Crippen molar-refractivity contribution in [1.29, 1.82) is 0 Å². The summed E-state index contributed by atoms with van der Waals surface area (Å²) in [6.45, 7) is 5.72. The third kappa shape index (κ3) is 5.81. The van der Waals surface area contributed by atoms with Crippen molar-refractivity contribution in [2.24, 2.45) is 12.0 Å². The molecule has 0 aliphatic heterocycles. The first-order valence-electron chi connectivity index (χ1n) is 7.44. The molecule has 126 valence electrons. The fraction of sp³-hybridized carbons (Fsp3) is 0.438. The molecule has 1 atom stereocenters.